The molecule has 16 nitrogen and oxygen atoms in total. The Bertz CT molecular complexity index is 2900. The maximum atomic E-state index is 15.4. The molecule has 4 aliphatic rings. The van der Waals surface area contributed by atoms with Crippen molar-refractivity contribution in [2.24, 2.45) is 11.8 Å². The summed E-state index contributed by atoms with van der Waals surface area (Å²) in [7, 11) is 2.86. The molecule has 2 aromatic carbocycles. The summed E-state index contributed by atoms with van der Waals surface area (Å²) in [5, 5.41) is 0. The first-order valence-corrected chi connectivity index (χ1v) is 32.3. The minimum absolute atomic E-state index is 0.000278. The molecule has 22 heteroatoms. The molecule has 0 unspecified atom stereocenters. The second kappa shape index (κ2) is 33.6. The summed E-state index contributed by atoms with van der Waals surface area (Å²) in [5.74, 6) is -9.18. The van der Waals surface area contributed by atoms with Crippen molar-refractivity contribution in [3.63, 3.8) is 0 Å². The molecule has 0 amide bonds. The lowest BCUT2D eigenvalue weighted by molar-refractivity contribution is -0.339. The molecule has 524 valence electrons. The molecular weight excluding hydrogens is 1230 g/mol. The van der Waals surface area contributed by atoms with Gasteiger partial charge in [0.1, 0.15) is 12.2 Å². The third kappa shape index (κ3) is 22.0. The summed E-state index contributed by atoms with van der Waals surface area (Å²) in [6, 6.07) is 12.8. The number of allylic oxidation sites excluding steroid dienone is 10. The van der Waals surface area contributed by atoms with Gasteiger partial charge < -0.3 is 61.6 Å². The van der Waals surface area contributed by atoms with Crippen molar-refractivity contribution >= 4 is 17.9 Å². The van der Waals surface area contributed by atoms with Crippen LogP contribution < -0.4 is 0 Å². The third-order valence-corrected chi connectivity index (χ3v) is 16.8. The standard InChI is InChI=1S/C72H98F6O16/c1-48(2)62(86-64(81)70(84-14,72(76,77)78)51-34-28-25-29-35-51)49(3)38-39-52(85-63(80)69(83-13,71(73,74)75)50-32-26-24-27-33-50)40-54-42-56(90-66(6,7)88-54)44-58-46-60(94-68(10,11)92-58)47-59-45-57(91-67(8,9)93-59)43-55-41-53(87-65(4,5)89-55)36-30-22-20-18-16-15-17-19-21-23-31-37-61(79)82-12/h15-35,37,48-49,52-60,62H,36,38-47H2,1-14H3/b16-15+,19-17+,20-18+,23-21+,30-22+,37-31+/t49-,52-,53-,54-,55+,56-,57-,58+,59-,60-,62-,69+,70+/m0/s1. The van der Waals surface area contributed by atoms with Crippen molar-refractivity contribution in [2.45, 2.75) is 255 Å². The van der Waals surface area contributed by atoms with E-state index in [1.807, 2.05) is 84.1 Å². The fourth-order valence-electron chi connectivity index (χ4n) is 13.2. The highest BCUT2D eigenvalue weighted by Gasteiger charge is 2.66. The van der Waals surface area contributed by atoms with Gasteiger partial charge in [-0.25, -0.2) is 14.4 Å². The number of rotatable bonds is 29. The molecule has 0 spiro atoms. The van der Waals surface area contributed by atoms with E-state index in [4.69, 9.17) is 56.8 Å². The number of carbonyl (C=O) groups is 3. The highest BCUT2D eigenvalue weighted by atomic mass is 19.4. The molecule has 13 atom stereocenters. The number of alkyl halides is 6. The van der Waals surface area contributed by atoms with Gasteiger partial charge in [0.15, 0.2) is 23.1 Å². The number of hydrogen-bond acceptors (Lipinski definition) is 16. The smallest absolute Gasteiger partial charge is 0.432 e. The van der Waals surface area contributed by atoms with Gasteiger partial charge in [0.25, 0.3) is 11.2 Å². The Morgan fingerprint density at radius 1 is 0.479 bits per heavy atom. The van der Waals surface area contributed by atoms with Gasteiger partial charge in [0, 0.05) is 82.8 Å². The van der Waals surface area contributed by atoms with E-state index in [1.54, 1.807) is 52.8 Å². The van der Waals surface area contributed by atoms with Crippen LogP contribution in [0.2, 0.25) is 0 Å². The Labute approximate surface area is 550 Å². The molecule has 4 aliphatic heterocycles. The van der Waals surface area contributed by atoms with Gasteiger partial charge in [0.05, 0.1) is 55.9 Å². The largest absolute Gasteiger partial charge is 0.466 e. The maximum Gasteiger partial charge on any atom is 0.432 e. The van der Waals surface area contributed by atoms with Gasteiger partial charge in [0.2, 0.25) is 0 Å². The summed E-state index contributed by atoms with van der Waals surface area (Å²) in [5.41, 5.74) is -8.04. The molecule has 4 heterocycles. The van der Waals surface area contributed by atoms with E-state index in [2.05, 4.69) is 10.8 Å². The topological polar surface area (TPSA) is 171 Å². The van der Waals surface area contributed by atoms with Crippen LogP contribution in [-0.2, 0) is 87.2 Å². The second-order valence-corrected chi connectivity index (χ2v) is 26.7. The normalized spacial score (nSPS) is 27.4. The molecule has 94 heavy (non-hydrogen) atoms. The number of ether oxygens (including phenoxy) is 13. The first kappa shape index (κ1) is 77.5. The lowest BCUT2D eigenvalue weighted by atomic mass is 9.87. The molecule has 2 aromatic rings. The lowest BCUT2D eigenvalue weighted by Crippen LogP contribution is -2.53. The Kier molecular flexibility index (Phi) is 27.7. The van der Waals surface area contributed by atoms with Crippen molar-refractivity contribution in [1.82, 2.24) is 0 Å². The first-order valence-electron chi connectivity index (χ1n) is 32.3. The summed E-state index contributed by atoms with van der Waals surface area (Å²) in [4.78, 5) is 39.5. The molecule has 4 saturated heterocycles. The van der Waals surface area contributed by atoms with Crippen LogP contribution in [0.15, 0.2) is 134 Å². The fraction of sp³-hybridized carbons (Fsp3) is 0.625. The van der Waals surface area contributed by atoms with E-state index in [1.165, 1.54) is 49.6 Å². The average Bonchev–Trinajstić information content (AvgIpc) is 0.765. The van der Waals surface area contributed by atoms with Crippen LogP contribution in [0, 0.1) is 11.8 Å². The zero-order chi connectivity index (χ0) is 69.3. The van der Waals surface area contributed by atoms with Gasteiger partial charge >= 0.3 is 30.3 Å². The van der Waals surface area contributed by atoms with Crippen LogP contribution in [0.4, 0.5) is 26.3 Å². The van der Waals surface area contributed by atoms with E-state index in [0.717, 1.165) is 38.5 Å². The molecule has 0 saturated carbocycles. The van der Waals surface area contributed by atoms with Crippen LogP contribution in [0.25, 0.3) is 0 Å². The van der Waals surface area contributed by atoms with Gasteiger partial charge in [-0.1, -0.05) is 148 Å². The average molecular weight is 1330 g/mol. The Morgan fingerprint density at radius 3 is 1.19 bits per heavy atom. The van der Waals surface area contributed by atoms with Crippen LogP contribution in [0.3, 0.4) is 0 Å². The van der Waals surface area contributed by atoms with E-state index < -0.39 is 118 Å². The Balaban J connectivity index is 1.13. The Morgan fingerprint density at radius 2 is 0.819 bits per heavy atom. The van der Waals surface area contributed by atoms with Crippen LogP contribution in [0.1, 0.15) is 158 Å². The summed E-state index contributed by atoms with van der Waals surface area (Å²) < 4.78 is 170. The van der Waals surface area contributed by atoms with E-state index >= 15 is 26.3 Å². The predicted molar refractivity (Wildman–Crippen MR) is 339 cm³/mol. The Hall–Kier alpha value is -5.53. The molecule has 0 N–H and O–H groups in total. The zero-order valence-corrected chi connectivity index (χ0v) is 56.7. The van der Waals surface area contributed by atoms with Crippen LogP contribution in [0.5, 0.6) is 0 Å². The molecule has 0 aromatic heterocycles. The SMILES string of the molecule is COC(=O)/C=C/C=C/C=C/C=C/C=C/C=C/C[C@H]1C[C@H](C[C@H]2C[C@@H](C[C@@H]3C[C@@H](C[C@@H]4C[C@H](C[C@H](CC[C@H](C)[C@@H](OC(=O)[C@](OC)(c5ccccc5)C(F)(F)F)C(C)C)OC(=O)[C@](OC)(c5ccccc5)C(F)(F)F)OC(C)(C)O4)OC(C)(C)O3)OC(C)(C)O2)OC(C)(C)O1. The number of esters is 3. The number of carbonyl (C=O) groups excluding carboxylic acids is 3. The van der Waals surface area contributed by atoms with Crippen molar-refractivity contribution in [3.8, 4) is 0 Å². The number of halogens is 6. The van der Waals surface area contributed by atoms with E-state index in [-0.39, 0.29) is 56.2 Å². The van der Waals surface area contributed by atoms with Gasteiger partial charge in [-0.3, -0.25) is 0 Å². The fourth-order valence-corrected chi connectivity index (χ4v) is 13.2. The summed E-state index contributed by atoms with van der Waals surface area (Å²) in [6.45, 7) is 19.7. The monoisotopic (exact) mass is 1330 g/mol. The minimum atomic E-state index is -5.31. The number of hydrogen-bond donors (Lipinski definition) is 0. The molecule has 0 aliphatic carbocycles. The zero-order valence-electron chi connectivity index (χ0n) is 56.7. The second-order valence-electron chi connectivity index (χ2n) is 26.7. The summed E-state index contributed by atoms with van der Waals surface area (Å²) >= 11 is 0. The van der Waals surface area contributed by atoms with Crippen molar-refractivity contribution < 1.29 is 102 Å². The number of benzene rings is 2. The lowest BCUT2D eigenvalue weighted by Gasteiger charge is -2.47. The number of methoxy groups -OCH3 is 3. The van der Waals surface area contributed by atoms with Crippen molar-refractivity contribution in [1.29, 1.82) is 0 Å². The molecule has 0 radical (unpaired) electrons. The van der Waals surface area contributed by atoms with E-state index in [9.17, 15) is 14.4 Å². The van der Waals surface area contributed by atoms with Crippen molar-refractivity contribution in [2.75, 3.05) is 21.3 Å². The molecular formula is C72H98F6O16. The van der Waals surface area contributed by atoms with Crippen LogP contribution in [-0.4, -0.2) is 136 Å². The molecule has 4 fully saturated rings. The highest BCUT2D eigenvalue weighted by Crippen LogP contribution is 2.47. The third-order valence-electron chi connectivity index (χ3n) is 16.8. The van der Waals surface area contributed by atoms with Gasteiger partial charge in [-0.2, -0.15) is 26.3 Å². The van der Waals surface area contributed by atoms with Gasteiger partial charge in [-0.05, 0) is 86.5 Å². The van der Waals surface area contributed by atoms with Crippen LogP contribution >= 0.6 is 0 Å². The first-order chi connectivity index (χ1) is 44.0. The quantitative estimate of drug-likeness (QED) is 0.0247. The van der Waals surface area contributed by atoms with Crippen molar-refractivity contribution in [3.05, 3.63) is 145 Å². The van der Waals surface area contributed by atoms with Gasteiger partial charge in [-0.15, -0.1) is 0 Å². The van der Waals surface area contributed by atoms with E-state index in [0.29, 0.717) is 44.9 Å². The molecule has 0 bridgehead atoms. The summed E-state index contributed by atoms with van der Waals surface area (Å²) in [6.07, 6.45) is 9.89. The predicted octanol–water partition coefficient (Wildman–Crippen LogP) is 15.2. The maximum absolute atomic E-state index is 15.4. The highest BCUT2D eigenvalue weighted by molar-refractivity contribution is 5.84. The minimum Gasteiger partial charge on any atom is -0.466 e. The molecule has 6 rings (SSSR count).